The second-order valence-electron chi connectivity index (χ2n) is 7.57. The van der Waals surface area contributed by atoms with Gasteiger partial charge in [-0.2, -0.15) is 13.2 Å². The number of methoxy groups -OCH3 is 1. The molecule has 2 aromatic heterocycles. The second-order valence-corrected chi connectivity index (χ2v) is 8.78. The van der Waals surface area contributed by atoms with Crippen molar-refractivity contribution in [2.24, 2.45) is 0 Å². The lowest BCUT2D eigenvalue weighted by molar-refractivity contribution is -0.135. The zero-order chi connectivity index (χ0) is 25.2. The third-order valence-corrected chi connectivity index (χ3v) is 6.29. The molecule has 1 unspecified atom stereocenters. The Morgan fingerprint density at radius 1 is 1.14 bits per heavy atom. The van der Waals surface area contributed by atoms with E-state index in [9.17, 15) is 26.6 Å². The maximum absolute atomic E-state index is 14.8. The highest BCUT2D eigenvalue weighted by Gasteiger charge is 2.26. The monoisotopic (exact) mass is 509 g/mol. The fourth-order valence-electron chi connectivity index (χ4n) is 3.60. The van der Waals surface area contributed by atoms with Crippen molar-refractivity contribution in [1.82, 2.24) is 9.72 Å². The van der Waals surface area contributed by atoms with Gasteiger partial charge in [0, 0.05) is 30.0 Å². The van der Waals surface area contributed by atoms with E-state index in [-0.39, 0.29) is 35.7 Å². The van der Waals surface area contributed by atoms with Crippen LogP contribution in [0.15, 0.2) is 69.0 Å². The van der Waals surface area contributed by atoms with Gasteiger partial charge in [-0.1, -0.05) is 5.16 Å². The molecule has 0 radical (unpaired) electrons. The molecular formula is C23H19F4N3O4S. The Labute approximate surface area is 198 Å². The molecule has 4 rings (SSSR count). The molecule has 1 N–H and O–H groups in total. The lowest BCUT2D eigenvalue weighted by Gasteiger charge is -2.16. The predicted molar refractivity (Wildman–Crippen MR) is 122 cm³/mol. The molecule has 184 valence electrons. The summed E-state index contributed by atoms with van der Waals surface area (Å²) in [5.41, 5.74) is 0.0614. The molecule has 0 aliphatic carbocycles. The van der Waals surface area contributed by atoms with E-state index in [1.54, 1.807) is 18.2 Å². The second kappa shape index (κ2) is 9.90. The number of aryl methyl sites for hydroxylation is 1. The van der Waals surface area contributed by atoms with Crippen LogP contribution in [0, 0.1) is 5.82 Å². The average Bonchev–Trinajstić information content (AvgIpc) is 3.32. The van der Waals surface area contributed by atoms with Gasteiger partial charge in [0.1, 0.15) is 17.8 Å². The van der Waals surface area contributed by atoms with Crippen molar-refractivity contribution < 1.29 is 31.0 Å². The molecule has 0 saturated carbocycles. The molecule has 0 bridgehead atoms. The van der Waals surface area contributed by atoms with Gasteiger partial charge in [0.15, 0.2) is 16.8 Å². The maximum atomic E-state index is 14.8. The molecule has 4 aromatic rings. The Kier molecular flexibility index (Phi) is 6.92. The van der Waals surface area contributed by atoms with Crippen LogP contribution in [-0.4, -0.2) is 27.2 Å². The number of aromatic nitrogens is 2. The van der Waals surface area contributed by atoms with Gasteiger partial charge in [0.25, 0.3) is 5.56 Å². The van der Waals surface area contributed by atoms with E-state index in [0.29, 0.717) is 15.8 Å². The van der Waals surface area contributed by atoms with Crippen LogP contribution in [0.2, 0.25) is 0 Å². The van der Waals surface area contributed by atoms with Gasteiger partial charge in [-0.3, -0.25) is 14.1 Å². The summed E-state index contributed by atoms with van der Waals surface area (Å²) in [7, 11) is -0.350. The number of hydrogen-bond donors (Lipinski definition) is 1. The van der Waals surface area contributed by atoms with Gasteiger partial charge in [0.05, 0.1) is 23.2 Å². The van der Waals surface area contributed by atoms with Crippen LogP contribution in [0.1, 0.15) is 18.4 Å². The zero-order valence-corrected chi connectivity index (χ0v) is 19.1. The first-order chi connectivity index (χ1) is 16.7. The quantitative estimate of drug-likeness (QED) is 0.332. The van der Waals surface area contributed by atoms with Crippen LogP contribution in [-0.2, 0) is 17.4 Å². The van der Waals surface area contributed by atoms with Crippen LogP contribution in [0.4, 0.5) is 23.4 Å². The Bertz CT molecular complexity index is 1440. The smallest absolute Gasteiger partial charge is 0.389 e. The fraction of sp³-hybridized carbons (Fsp3) is 0.217. The molecule has 0 amide bonds. The van der Waals surface area contributed by atoms with Gasteiger partial charge in [0.2, 0.25) is 0 Å². The summed E-state index contributed by atoms with van der Waals surface area (Å²) in [6.07, 6.45) is -4.45. The molecule has 12 heteroatoms. The Morgan fingerprint density at radius 2 is 1.94 bits per heavy atom. The van der Waals surface area contributed by atoms with Crippen molar-refractivity contribution >= 4 is 27.7 Å². The number of alkyl halides is 3. The number of anilines is 1. The third kappa shape index (κ3) is 5.53. The minimum atomic E-state index is -4.33. The van der Waals surface area contributed by atoms with Crippen molar-refractivity contribution in [3.63, 3.8) is 0 Å². The van der Waals surface area contributed by atoms with Gasteiger partial charge >= 0.3 is 6.18 Å². The highest BCUT2D eigenvalue weighted by molar-refractivity contribution is 7.86. The lowest BCUT2D eigenvalue weighted by Crippen LogP contribution is -2.19. The highest BCUT2D eigenvalue weighted by atomic mass is 32.2. The molecular weight excluding hydrogens is 490 g/mol. The standard InChI is InChI=1S/C23H19F4N3O4S/c1-33-20-12-14(3-2-9-23(25,26)27)17(24)13-19(20)30-18-6-5-16(11-15(18)4-7-22(30)31)35(32)29-21-8-10-34-28-21/h4-8,10-13H,2-3,9H2,1H3,(H,28,29). The highest BCUT2D eigenvalue weighted by Crippen LogP contribution is 2.30. The molecule has 0 spiro atoms. The SMILES string of the molecule is COc1cc(CCCC(F)(F)F)c(F)cc1-n1c(=O)ccc2cc(S(=O)Nc3ccon3)ccc21. The van der Waals surface area contributed by atoms with E-state index in [1.807, 2.05) is 0 Å². The zero-order valence-electron chi connectivity index (χ0n) is 18.3. The number of rotatable bonds is 8. The van der Waals surface area contributed by atoms with E-state index in [4.69, 9.17) is 9.26 Å². The summed E-state index contributed by atoms with van der Waals surface area (Å²) in [6.45, 7) is 0. The van der Waals surface area contributed by atoms with Crippen LogP contribution >= 0.6 is 0 Å². The summed E-state index contributed by atoms with van der Waals surface area (Å²) >= 11 is 0. The number of ether oxygens (including phenoxy) is 1. The van der Waals surface area contributed by atoms with Gasteiger partial charge in [-0.25, -0.2) is 8.60 Å². The van der Waals surface area contributed by atoms with Gasteiger partial charge in [-0.15, -0.1) is 0 Å². The van der Waals surface area contributed by atoms with Crippen molar-refractivity contribution in [2.75, 3.05) is 11.8 Å². The van der Waals surface area contributed by atoms with Crippen LogP contribution in [0.5, 0.6) is 5.75 Å². The van der Waals surface area contributed by atoms with E-state index in [2.05, 4.69) is 9.88 Å². The molecule has 1 atom stereocenters. The summed E-state index contributed by atoms with van der Waals surface area (Å²) in [6, 6.07) is 11.4. The summed E-state index contributed by atoms with van der Waals surface area (Å²) in [4.78, 5) is 13.2. The number of halogens is 4. The molecule has 7 nitrogen and oxygen atoms in total. The third-order valence-electron chi connectivity index (χ3n) is 5.21. The first-order valence-corrected chi connectivity index (χ1v) is 11.5. The van der Waals surface area contributed by atoms with Gasteiger partial charge < -0.3 is 9.26 Å². The number of benzene rings is 2. The Morgan fingerprint density at radius 3 is 2.63 bits per heavy atom. The summed E-state index contributed by atoms with van der Waals surface area (Å²) in [5.74, 6) is -0.339. The van der Waals surface area contributed by atoms with Crippen LogP contribution < -0.4 is 15.0 Å². The van der Waals surface area contributed by atoms with Crippen molar-refractivity contribution in [3.05, 3.63) is 76.5 Å². The minimum absolute atomic E-state index is 0.0553. The summed E-state index contributed by atoms with van der Waals surface area (Å²) < 4.78 is 78.8. The number of hydrogen-bond acceptors (Lipinski definition) is 5. The topological polar surface area (TPSA) is 86.4 Å². The van der Waals surface area contributed by atoms with Crippen LogP contribution in [0.3, 0.4) is 0 Å². The Hall–Kier alpha value is -3.67. The molecule has 2 aromatic carbocycles. The van der Waals surface area contributed by atoms with Crippen molar-refractivity contribution in [2.45, 2.75) is 30.3 Å². The van der Waals surface area contributed by atoms with E-state index in [1.165, 1.54) is 42.2 Å². The number of nitrogens with zero attached hydrogens (tertiary/aromatic N) is 2. The lowest BCUT2D eigenvalue weighted by atomic mass is 10.1. The molecule has 35 heavy (non-hydrogen) atoms. The molecule has 2 heterocycles. The fourth-order valence-corrected chi connectivity index (χ4v) is 4.44. The minimum Gasteiger partial charge on any atom is -0.495 e. The number of pyridine rings is 1. The number of fused-ring (bicyclic) bond motifs is 1. The first-order valence-electron chi connectivity index (χ1n) is 10.3. The van der Waals surface area contributed by atoms with Crippen LogP contribution in [0.25, 0.3) is 16.6 Å². The normalized spacial score (nSPS) is 12.6. The molecule has 0 aliphatic rings. The Balaban J connectivity index is 1.71. The molecule has 0 saturated heterocycles. The first kappa shape index (κ1) is 24.5. The maximum Gasteiger partial charge on any atom is 0.389 e. The van der Waals surface area contributed by atoms with Gasteiger partial charge in [-0.05, 0) is 48.7 Å². The van der Waals surface area contributed by atoms with E-state index >= 15 is 0 Å². The largest absolute Gasteiger partial charge is 0.495 e. The van der Waals surface area contributed by atoms with Crippen molar-refractivity contribution in [3.8, 4) is 11.4 Å². The van der Waals surface area contributed by atoms with Crippen molar-refractivity contribution in [1.29, 1.82) is 0 Å². The molecule has 0 fully saturated rings. The molecule has 0 aliphatic heterocycles. The number of nitrogens with one attached hydrogen (secondary N) is 1. The average molecular weight is 509 g/mol. The summed E-state index contributed by atoms with van der Waals surface area (Å²) in [5, 5.41) is 4.18. The van der Waals surface area contributed by atoms with E-state index < -0.39 is 35.0 Å². The van der Waals surface area contributed by atoms with E-state index in [0.717, 1.165) is 6.07 Å². The predicted octanol–water partition coefficient (Wildman–Crippen LogP) is 5.15.